The monoisotopic (exact) mass is 383 g/mol. The average molecular weight is 383 g/mol. The van der Waals surface area contributed by atoms with Gasteiger partial charge in [-0.15, -0.1) is 0 Å². The number of fused-ring (bicyclic) bond motifs is 2. The van der Waals surface area contributed by atoms with Crippen molar-refractivity contribution in [1.29, 1.82) is 0 Å². The number of nitrogens with zero attached hydrogens (tertiary/aromatic N) is 3. The molecule has 1 aromatic heterocycles. The fourth-order valence-corrected chi connectivity index (χ4v) is 5.56. The van der Waals surface area contributed by atoms with Crippen molar-refractivity contribution < 1.29 is 13.6 Å². The third-order valence-electron chi connectivity index (χ3n) is 6.77. The Kier molecular flexibility index (Phi) is 4.38. The van der Waals surface area contributed by atoms with E-state index in [1.165, 1.54) is 0 Å². The molecule has 4 aliphatic heterocycles. The number of carbonyl (C=O) groups is 1. The number of piperidine rings is 3. The van der Waals surface area contributed by atoms with Gasteiger partial charge in [-0.2, -0.15) is 0 Å². The molecule has 146 valence electrons. The van der Waals surface area contributed by atoms with Crippen molar-refractivity contribution in [2.45, 2.75) is 37.3 Å². The van der Waals surface area contributed by atoms with E-state index in [9.17, 15) is 13.6 Å². The average Bonchev–Trinajstić information content (AvgIpc) is 3.15. The molecule has 0 N–H and O–H groups in total. The quantitative estimate of drug-likeness (QED) is 0.818. The molecule has 4 saturated heterocycles. The third-order valence-corrected chi connectivity index (χ3v) is 6.77. The number of rotatable bonds is 3. The van der Waals surface area contributed by atoms with Crippen LogP contribution >= 0.6 is 0 Å². The number of likely N-dealkylation sites (tertiary alicyclic amines) is 1. The van der Waals surface area contributed by atoms with Crippen LogP contribution in [0.4, 0.5) is 8.78 Å². The summed E-state index contributed by atoms with van der Waals surface area (Å²) in [5.41, 5.74) is 1.28. The lowest BCUT2D eigenvalue weighted by Gasteiger charge is -2.51. The molecule has 4 fully saturated rings. The molecule has 2 bridgehead atoms. The number of hydrogen-bond acceptors (Lipinski definition) is 3. The molecule has 0 aliphatic carbocycles. The van der Waals surface area contributed by atoms with Crippen LogP contribution in [0.5, 0.6) is 0 Å². The Bertz CT molecular complexity index is 883. The Morgan fingerprint density at radius 3 is 2.68 bits per heavy atom. The molecule has 0 unspecified atom stereocenters. The molecule has 1 amide bonds. The zero-order valence-corrected chi connectivity index (χ0v) is 15.6. The molecule has 28 heavy (non-hydrogen) atoms. The van der Waals surface area contributed by atoms with Crippen LogP contribution in [0.3, 0.4) is 0 Å². The topological polar surface area (TPSA) is 36.4 Å². The van der Waals surface area contributed by atoms with Gasteiger partial charge in [0.15, 0.2) is 11.6 Å². The minimum Gasteiger partial charge on any atom is -0.337 e. The zero-order chi connectivity index (χ0) is 19.3. The van der Waals surface area contributed by atoms with Gasteiger partial charge >= 0.3 is 0 Å². The summed E-state index contributed by atoms with van der Waals surface area (Å²) in [5, 5.41) is 0. The van der Waals surface area contributed by atoms with Crippen LogP contribution in [-0.4, -0.2) is 52.4 Å². The molecule has 1 aromatic carbocycles. The Balaban J connectivity index is 1.49. The standard InChI is InChI=1S/C22H23F2N3O/c23-18-5-1-4-16(20(18)24)17-13-27(19(28)11-14-3-2-8-25-12-14)21-15-6-9-26(10-7-15)22(17)21/h1-5,8,12,15,17,21-22H,6-7,9-11,13H2/t17-,21+,22+/m1/s1. The molecule has 2 aromatic rings. The number of halogens is 2. The van der Waals surface area contributed by atoms with E-state index >= 15 is 0 Å². The first kappa shape index (κ1) is 17.7. The number of pyridine rings is 1. The maximum absolute atomic E-state index is 14.6. The summed E-state index contributed by atoms with van der Waals surface area (Å²) < 4.78 is 28.5. The molecule has 0 spiro atoms. The molecule has 4 aliphatic rings. The van der Waals surface area contributed by atoms with Gasteiger partial charge in [0.25, 0.3) is 0 Å². The predicted molar refractivity (Wildman–Crippen MR) is 101 cm³/mol. The van der Waals surface area contributed by atoms with Gasteiger partial charge in [0, 0.05) is 30.9 Å². The fourth-order valence-electron chi connectivity index (χ4n) is 5.56. The minimum atomic E-state index is -0.815. The summed E-state index contributed by atoms with van der Waals surface area (Å²) >= 11 is 0. The van der Waals surface area contributed by atoms with Crippen molar-refractivity contribution in [2.24, 2.45) is 5.92 Å². The van der Waals surface area contributed by atoms with Crippen molar-refractivity contribution in [3.63, 3.8) is 0 Å². The van der Waals surface area contributed by atoms with Crippen molar-refractivity contribution in [2.75, 3.05) is 19.6 Å². The van der Waals surface area contributed by atoms with Crippen molar-refractivity contribution in [3.8, 4) is 0 Å². The number of carbonyl (C=O) groups excluding carboxylic acids is 1. The molecule has 0 radical (unpaired) electrons. The van der Waals surface area contributed by atoms with E-state index in [-0.39, 0.29) is 23.9 Å². The van der Waals surface area contributed by atoms with Gasteiger partial charge in [-0.05, 0) is 55.1 Å². The Labute approximate surface area is 163 Å². The summed E-state index contributed by atoms with van der Waals surface area (Å²) in [5.74, 6) is -1.28. The molecule has 3 atom stereocenters. The van der Waals surface area contributed by atoms with E-state index in [2.05, 4.69) is 9.88 Å². The maximum atomic E-state index is 14.6. The van der Waals surface area contributed by atoms with Gasteiger partial charge in [-0.3, -0.25) is 14.7 Å². The van der Waals surface area contributed by atoms with Crippen molar-refractivity contribution >= 4 is 5.91 Å². The number of hydrogen-bond donors (Lipinski definition) is 0. The zero-order valence-electron chi connectivity index (χ0n) is 15.6. The fraction of sp³-hybridized carbons (Fsp3) is 0.455. The Morgan fingerprint density at radius 2 is 1.93 bits per heavy atom. The largest absolute Gasteiger partial charge is 0.337 e. The van der Waals surface area contributed by atoms with Gasteiger partial charge in [-0.1, -0.05) is 18.2 Å². The highest BCUT2D eigenvalue weighted by Gasteiger charge is 2.55. The maximum Gasteiger partial charge on any atom is 0.227 e. The molecule has 6 heteroatoms. The van der Waals surface area contributed by atoms with Crippen molar-refractivity contribution in [3.05, 3.63) is 65.5 Å². The van der Waals surface area contributed by atoms with Gasteiger partial charge in [0.1, 0.15) is 0 Å². The smallest absolute Gasteiger partial charge is 0.227 e. The van der Waals surface area contributed by atoms with E-state index < -0.39 is 11.6 Å². The summed E-state index contributed by atoms with van der Waals surface area (Å²) in [6, 6.07) is 8.29. The highest BCUT2D eigenvalue weighted by Crippen LogP contribution is 2.47. The Morgan fingerprint density at radius 1 is 1.11 bits per heavy atom. The number of amides is 1. The second kappa shape index (κ2) is 6.92. The first-order valence-corrected chi connectivity index (χ1v) is 10.00. The Hall–Kier alpha value is -2.34. The van der Waals surface area contributed by atoms with Crippen LogP contribution in [0.15, 0.2) is 42.7 Å². The first-order valence-electron chi connectivity index (χ1n) is 10.00. The van der Waals surface area contributed by atoms with E-state index in [4.69, 9.17) is 0 Å². The van der Waals surface area contributed by atoms with Crippen LogP contribution in [-0.2, 0) is 11.2 Å². The molecule has 5 heterocycles. The normalized spacial score (nSPS) is 31.1. The summed E-state index contributed by atoms with van der Waals surface area (Å²) in [7, 11) is 0. The van der Waals surface area contributed by atoms with E-state index in [1.54, 1.807) is 24.5 Å². The first-order chi connectivity index (χ1) is 13.6. The lowest BCUT2D eigenvalue weighted by atomic mass is 9.75. The SMILES string of the molecule is O=C(Cc1cccnc1)N1C[C@H](c2cccc(F)c2F)[C@H]2[C@@H]1C1CCN2CC1. The number of aromatic nitrogens is 1. The van der Waals surface area contributed by atoms with Crippen LogP contribution in [0, 0.1) is 17.6 Å². The van der Waals surface area contributed by atoms with Crippen LogP contribution in [0.2, 0.25) is 0 Å². The van der Waals surface area contributed by atoms with Gasteiger partial charge in [-0.25, -0.2) is 8.78 Å². The molecular formula is C22H23F2N3O. The van der Waals surface area contributed by atoms with Gasteiger partial charge in [0.2, 0.25) is 5.91 Å². The molecule has 4 nitrogen and oxygen atoms in total. The van der Waals surface area contributed by atoms with Crippen LogP contribution in [0.25, 0.3) is 0 Å². The van der Waals surface area contributed by atoms with Gasteiger partial charge in [0.05, 0.1) is 12.5 Å². The molecule has 0 saturated carbocycles. The van der Waals surface area contributed by atoms with Crippen LogP contribution < -0.4 is 0 Å². The third kappa shape index (κ3) is 2.82. The van der Waals surface area contributed by atoms with Crippen LogP contribution in [0.1, 0.15) is 29.9 Å². The molecular weight excluding hydrogens is 360 g/mol. The summed E-state index contributed by atoms with van der Waals surface area (Å²) in [4.78, 5) is 21.6. The highest BCUT2D eigenvalue weighted by molar-refractivity contribution is 5.80. The van der Waals surface area contributed by atoms with Gasteiger partial charge < -0.3 is 4.90 Å². The number of benzene rings is 1. The second-order valence-electron chi connectivity index (χ2n) is 8.19. The van der Waals surface area contributed by atoms with E-state index in [0.717, 1.165) is 37.6 Å². The lowest BCUT2D eigenvalue weighted by molar-refractivity contribution is -0.135. The minimum absolute atomic E-state index is 0.0519. The van der Waals surface area contributed by atoms with Crippen molar-refractivity contribution in [1.82, 2.24) is 14.8 Å². The predicted octanol–water partition coefficient (Wildman–Crippen LogP) is 2.99. The van der Waals surface area contributed by atoms with E-state index in [1.807, 2.05) is 17.0 Å². The highest BCUT2D eigenvalue weighted by atomic mass is 19.2. The second-order valence-corrected chi connectivity index (χ2v) is 8.19. The summed E-state index contributed by atoms with van der Waals surface area (Å²) in [6.07, 6.45) is 5.83. The molecule has 6 rings (SSSR count). The lowest BCUT2D eigenvalue weighted by Crippen LogP contribution is -2.60. The van der Waals surface area contributed by atoms with E-state index in [0.29, 0.717) is 24.4 Å². The summed E-state index contributed by atoms with van der Waals surface area (Å²) in [6.45, 7) is 2.40.